The van der Waals surface area contributed by atoms with Crippen LogP contribution in [0.15, 0.2) is 18.2 Å². The van der Waals surface area contributed by atoms with E-state index < -0.39 is 6.10 Å². The third-order valence-electron chi connectivity index (χ3n) is 4.11. The third-order valence-corrected chi connectivity index (χ3v) is 4.11. The molecule has 102 valence electrons. The second-order valence-electron chi connectivity index (χ2n) is 5.46. The van der Waals surface area contributed by atoms with Gasteiger partial charge < -0.3 is 10.0 Å². The first-order chi connectivity index (χ1) is 9.13. The van der Waals surface area contributed by atoms with Crippen LogP contribution in [0.2, 0.25) is 0 Å². The predicted octanol–water partition coefficient (Wildman–Crippen LogP) is 3.38. The number of nitrogens with zero attached hydrogens (tertiary/aromatic N) is 2. The van der Waals surface area contributed by atoms with Crippen molar-refractivity contribution in [2.45, 2.75) is 51.2 Å². The van der Waals surface area contributed by atoms with Gasteiger partial charge in [0.25, 0.3) is 0 Å². The molecule has 0 aliphatic heterocycles. The lowest BCUT2D eigenvalue weighted by atomic mass is 9.93. The average molecular weight is 258 g/mol. The van der Waals surface area contributed by atoms with Crippen LogP contribution in [0.4, 0.5) is 5.69 Å². The van der Waals surface area contributed by atoms with Gasteiger partial charge in [-0.15, -0.1) is 0 Å². The quantitative estimate of drug-likeness (QED) is 0.904. The number of aliphatic hydroxyl groups excluding tert-OH is 1. The summed E-state index contributed by atoms with van der Waals surface area (Å²) in [5, 5.41) is 19.0. The number of anilines is 1. The Labute approximate surface area is 115 Å². The zero-order valence-electron chi connectivity index (χ0n) is 11.8. The fraction of sp³-hybridized carbons (Fsp3) is 0.562. The van der Waals surface area contributed by atoms with Gasteiger partial charge in [0, 0.05) is 24.3 Å². The van der Waals surface area contributed by atoms with Gasteiger partial charge in [-0.2, -0.15) is 5.26 Å². The number of benzene rings is 1. The van der Waals surface area contributed by atoms with E-state index in [-0.39, 0.29) is 0 Å². The molecule has 1 fully saturated rings. The SMILES string of the molecule is C[C@@H](O)c1ccc(C#N)cc1N(C)C1CCCCC1. The zero-order chi connectivity index (χ0) is 13.8. The van der Waals surface area contributed by atoms with Crippen LogP contribution in [-0.2, 0) is 0 Å². The number of nitriles is 1. The van der Waals surface area contributed by atoms with Gasteiger partial charge >= 0.3 is 0 Å². The van der Waals surface area contributed by atoms with Gasteiger partial charge in [-0.25, -0.2) is 0 Å². The fourth-order valence-electron chi connectivity index (χ4n) is 2.94. The van der Waals surface area contributed by atoms with Crippen LogP contribution >= 0.6 is 0 Å². The van der Waals surface area contributed by atoms with E-state index in [4.69, 9.17) is 5.26 Å². The van der Waals surface area contributed by atoms with E-state index in [1.165, 1.54) is 32.1 Å². The summed E-state index contributed by atoms with van der Waals surface area (Å²) in [7, 11) is 2.08. The Morgan fingerprint density at radius 2 is 2.00 bits per heavy atom. The molecule has 1 saturated carbocycles. The second kappa shape index (κ2) is 6.08. The minimum absolute atomic E-state index is 0.506. The third kappa shape index (κ3) is 3.08. The summed E-state index contributed by atoms with van der Waals surface area (Å²) < 4.78 is 0. The van der Waals surface area contributed by atoms with Crippen LogP contribution in [0.5, 0.6) is 0 Å². The zero-order valence-corrected chi connectivity index (χ0v) is 11.8. The molecular weight excluding hydrogens is 236 g/mol. The van der Waals surface area contributed by atoms with Crippen LogP contribution in [0, 0.1) is 11.3 Å². The van der Waals surface area contributed by atoms with Gasteiger partial charge in [0.1, 0.15) is 0 Å². The highest BCUT2D eigenvalue weighted by Gasteiger charge is 2.21. The maximum atomic E-state index is 9.91. The van der Waals surface area contributed by atoms with Crippen LogP contribution in [0.1, 0.15) is 56.3 Å². The number of rotatable bonds is 3. The van der Waals surface area contributed by atoms with Crippen molar-refractivity contribution in [3.63, 3.8) is 0 Å². The summed E-state index contributed by atoms with van der Waals surface area (Å²) >= 11 is 0. The van der Waals surface area contributed by atoms with Crippen molar-refractivity contribution in [3.05, 3.63) is 29.3 Å². The Hall–Kier alpha value is -1.53. The van der Waals surface area contributed by atoms with Gasteiger partial charge in [-0.1, -0.05) is 25.3 Å². The smallest absolute Gasteiger partial charge is 0.0992 e. The van der Waals surface area contributed by atoms with E-state index in [2.05, 4.69) is 18.0 Å². The van der Waals surface area contributed by atoms with E-state index in [0.717, 1.165) is 11.3 Å². The molecule has 0 amide bonds. The molecule has 0 radical (unpaired) electrons. The number of hydrogen-bond donors (Lipinski definition) is 1. The number of hydrogen-bond acceptors (Lipinski definition) is 3. The van der Waals surface area contributed by atoms with Crippen molar-refractivity contribution < 1.29 is 5.11 Å². The van der Waals surface area contributed by atoms with Crippen LogP contribution < -0.4 is 4.90 Å². The molecule has 0 bridgehead atoms. The summed E-state index contributed by atoms with van der Waals surface area (Å²) in [6.07, 6.45) is 5.77. The lowest BCUT2D eigenvalue weighted by molar-refractivity contribution is 0.199. The Morgan fingerprint density at radius 1 is 1.32 bits per heavy atom. The molecule has 19 heavy (non-hydrogen) atoms. The normalized spacial score (nSPS) is 17.8. The minimum atomic E-state index is -0.506. The van der Waals surface area contributed by atoms with Crippen molar-refractivity contribution in [1.82, 2.24) is 0 Å². The molecule has 0 aromatic heterocycles. The maximum absolute atomic E-state index is 9.91. The van der Waals surface area contributed by atoms with Gasteiger partial charge in [-0.05, 0) is 31.9 Å². The summed E-state index contributed by atoms with van der Waals surface area (Å²) in [5.41, 5.74) is 2.56. The van der Waals surface area contributed by atoms with E-state index in [0.29, 0.717) is 11.6 Å². The van der Waals surface area contributed by atoms with Crippen LogP contribution in [-0.4, -0.2) is 18.2 Å². The van der Waals surface area contributed by atoms with Gasteiger partial charge in [0.2, 0.25) is 0 Å². The topological polar surface area (TPSA) is 47.3 Å². The molecule has 0 heterocycles. The molecule has 3 nitrogen and oxygen atoms in total. The molecule has 0 spiro atoms. The summed E-state index contributed by atoms with van der Waals surface area (Å²) in [6.45, 7) is 1.78. The van der Waals surface area contributed by atoms with Crippen molar-refractivity contribution in [3.8, 4) is 6.07 Å². The van der Waals surface area contributed by atoms with Crippen molar-refractivity contribution in [2.75, 3.05) is 11.9 Å². The highest BCUT2D eigenvalue weighted by atomic mass is 16.3. The highest BCUT2D eigenvalue weighted by Crippen LogP contribution is 2.32. The minimum Gasteiger partial charge on any atom is -0.389 e. The van der Waals surface area contributed by atoms with Gasteiger partial charge in [-0.3, -0.25) is 0 Å². The Balaban J connectivity index is 2.32. The van der Waals surface area contributed by atoms with Crippen LogP contribution in [0.3, 0.4) is 0 Å². The molecule has 3 heteroatoms. The standard InChI is InChI=1S/C16H22N2O/c1-12(19)15-9-8-13(11-17)10-16(15)18(2)14-6-4-3-5-7-14/h8-10,12,14,19H,3-7H2,1-2H3/t12-/m1/s1. The van der Waals surface area contributed by atoms with E-state index in [9.17, 15) is 5.11 Å². The molecule has 1 N–H and O–H groups in total. The highest BCUT2D eigenvalue weighted by molar-refractivity contribution is 5.58. The summed E-state index contributed by atoms with van der Waals surface area (Å²) in [6, 6.07) is 8.26. The lowest BCUT2D eigenvalue weighted by Gasteiger charge is -2.34. The maximum Gasteiger partial charge on any atom is 0.0992 e. The first-order valence-electron chi connectivity index (χ1n) is 7.08. The molecule has 1 atom stereocenters. The van der Waals surface area contributed by atoms with E-state index in [1.54, 1.807) is 13.0 Å². The molecule has 1 aliphatic rings. The molecule has 1 aromatic rings. The Bertz CT molecular complexity index is 470. The number of aliphatic hydroxyl groups is 1. The second-order valence-corrected chi connectivity index (χ2v) is 5.46. The Kier molecular flexibility index (Phi) is 4.44. The van der Waals surface area contributed by atoms with E-state index >= 15 is 0 Å². The largest absolute Gasteiger partial charge is 0.389 e. The first-order valence-corrected chi connectivity index (χ1v) is 7.08. The molecule has 0 unspecified atom stereocenters. The molecule has 0 saturated heterocycles. The molecule has 1 aliphatic carbocycles. The summed E-state index contributed by atoms with van der Waals surface area (Å²) in [5.74, 6) is 0. The van der Waals surface area contributed by atoms with Gasteiger partial charge in [0.05, 0.1) is 17.7 Å². The first kappa shape index (κ1) is 13.9. The van der Waals surface area contributed by atoms with Crippen LogP contribution in [0.25, 0.3) is 0 Å². The lowest BCUT2D eigenvalue weighted by Crippen LogP contribution is -2.34. The van der Waals surface area contributed by atoms with Crippen molar-refractivity contribution in [1.29, 1.82) is 5.26 Å². The fourth-order valence-corrected chi connectivity index (χ4v) is 2.94. The van der Waals surface area contributed by atoms with Gasteiger partial charge in [0.15, 0.2) is 0 Å². The Morgan fingerprint density at radius 3 is 2.58 bits per heavy atom. The molecular formula is C16H22N2O. The summed E-state index contributed by atoms with van der Waals surface area (Å²) in [4.78, 5) is 2.25. The monoisotopic (exact) mass is 258 g/mol. The molecule has 2 rings (SSSR count). The molecule has 1 aromatic carbocycles. The average Bonchev–Trinajstić information content (AvgIpc) is 2.46. The predicted molar refractivity (Wildman–Crippen MR) is 77.1 cm³/mol. The van der Waals surface area contributed by atoms with Crippen molar-refractivity contribution >= 4 is 5.69 Å². The van der Waals surface area contributed by atoms with E-state index in [1.807, 2.05) is 12.1 Å². The van der Waals surface area contributed by atoms with Crippen molar-refractivity contribution in [2.24, 2.45) is 0 Å².